The Balaban J connectivity index is 2.14. The number of carbonyl (C=O) groups excluding carboxylic acids is 1. The quantitative estimate of drug-likeness (QED) is 0.747. The van der Waals surface area contributed by atoms with Crippen LogP contribution in [0.25, 0.3) is 0 Å². The van der Waals surface area contributed by atoms with Crippen molar-refractivity contribution in [2.75, 3.05) is 11.9 Å². The highest BCUT2D eigenvalue weighted by Crippen LogP contribution is 2.35. The Labute approximate surface area is 153 Å². The maximum atomic E-state index is 12.9. The third-order valence-corrected chi connectivity index (χ3v) is 3.75. The first-order chi connectivity index (χ1) is 12.7. The number of carboxylic acids is 1. The summed E-state index contributed by atoms with van der Waals surface area (Å²) >= 11 is 0. The molecule has 2 aromatic rings. The minimum absolute atomic E-state index is 0.0804. The number of carbonyl (C=O) groups is 2. The monoisotopic (exact) mass is 381 g/mol. The molecule has 27 heavy (non-hydrogen) atoms. The molecule has 0 unspecified atom stereocenters. The third-order valence-electron chi connectivity index (χ3n) is 3.75. The lowest BCUT2D eigenvalue weighted by Gasteiger charge is -2.15. The van der Waals surface area contributed by atoms with E-state index in [2.05, 4.69) is 5.32 Å². The van der Waals surface area contributed by atoms with Gasteiger partial charge in [0.25, 0.3) is 0 Å². The van der Waals surface area contributed by atoms with Crippen molar-refractivity contribution in [3.05, 3.63) is 59.2 Å². The van der Waals surface area contributed by atoms with Crippen molar-refractivity contribution >= 4 is 17.6 Å². The summed E-state index contributed by atoms with van der Waals surface area (Å²) in [6, 6.07) is 9.09. The number of amides is 1. The fourth-order valence-corrected chi connectivity index (χ4v) is 2.49. The first-order valence-electron chi connectivity index (χ1n) is 8.17. The van der Waals surface area contributed by atoms with Crippen LogP contribution in [0.2, 0.25) is 0 Å². The lowest BCUT2D eigenvalue weighted by atomic mass is 10.0. The lowest BCUT2D eigenvalue weighted by Crippen LogP contribution is -2.15. The summed E-state index contributed by atoms with van der Waals surface area (Å²) in [6.45, 7) is 1.90. The van der Waals surface area contributed by atoms with Crippen LogP contribution in [0.4, 0.5) is 18.9 Å². The Kier molecular flexibility index (Phi) is 6.44. The van der Waals surface area contributed by atoms with Crippen molar-refractivity contribution in [2.24, 2.45) is 0 Å². The molecular weight excluding hydrogens is 363 g/mol. The van der Waals surface area contributed by atoms with Crippen LogP contribution in [0.15, 0.2) is 42.5 Å². The number of aryl methyl sites for hydroxylation is 1. The highest BCUT2D eigenvalue weighted by molar-refractivity contribution is 5.93. The Morgan fingerprint density at radius 1 is 1.15 bits per heavy atom. The van der Waals surface area contributed by atoms with Gasteiger partial charge in [0.05, 0.1) is 23.4 Å². The van der Waals surface area contributed by atoms with E-state index in [0.29, 0.717) is 5.56 Å². The van der Waals surface area contributed by atoms with Crippen molar-refractivity contribution in [1.29, 1.82) is 0 Å². The number of aromatic carboxylic acids is 1. The molecule has 2 N–H and O–H groups in total. The molecule has 0 atom stereocenters. The van der Waals surface area contributed by atoms with Crippen LogP contribution < -0.4 is 10.1 Å². The predicted molar refractivity (Wildman–Crippen MR) is 93.0 cm³/mol. The number of nitrogens with one attached hydrogen (secondary N) is 1. The number of hydrogen-bond donors (Lipinski definition) is 2. The maximum Gasteiger partial charge on any atom is 0.416 e. The lowest BCUT2D eigenvalue weighted by molar-refractivity contribution is -0.137. The largest absolute Gasteiger partial charge is 0.492 e. The van der Waals surface area contributed by atoms with Crippen LogP contribution in [0.3, 0.4) is 0 Å². The first-order valence-corrected chi connectivity index (χ1v) is 8.17. The molecule has 2 rings (SSSR count). The SMILES string of the molecule is CCOc1ccc(C(F)(F)F)cc1NC(=O)CCc1ccccc1C(=O)O. The zero-order valence-electron chi connectivity index (χ0n) is 14.5. The van der Waals surface area contributed by atoms with Crippen molar-refractivity contribution < 1.29 is 32.6 Å². The van der Waals surface area contributed by atoms with Crippen LogP contribution in [0.1, 0.15) is 34.8 Å². The molecule has 0 saturated heterocycles. The highest BCUT2D eigenvalue weighted by Gasteiger charge is 2.31. The average Bonchev–Trinajstić information content (AvgIpc) is 2.61. The highest BCUT2D eigenvalue weighted by atomic mass is 19.4. The van der Waals surface area contributed by atoms with Crippen molar-refractivity contribution in [2.45, 2.75) is 25.9 Å². The fourth-order valence-electron chi connectivity index (χ4n) is 2.49. The minimum Gasteiger partial charge on any atom is -0.492 e. The number of rotatable bonds is 7. The maximum absolute atomic E-state index is 12.9. The average molecular weight is 381 g/mol. The summed E-state index contributed by atoms with van der Waals surface area (Å²) < 4.78 is 44.0. The van der Waals surface area contributed by atoms with Crippen LogP contribution >= 0.6 is 0 Å². The molecule has 2 aromatic carbocycles. The molecule has 0 saturated carbocycles. The molecule has 0 aliphatic rings. The molecule has 5 nitrogen and oxygen atoms in total. The van der Waals surface area contributed by atoms with Gasteiger partial charge in [0, 0.05) is 6.42 Å². The van der Waals surface area contributed by atoms with E-state index in [1.165, 1.54) is 6.07 Å². The number of carboxylic acid groups (broad SMARTS) is 1. The van der Waals surface area contributed by atoms with Gasteiger partial charge >= 0.3 is 12.1 Å². The van der Waals surface area contributed by atoms with Gasteiger partial charge in [0.15, 0.2) is 0 Å². The second kappa shape index (κ2) is 8.57. The van der Waals surface area contributed by atoms with E-state index in [4.69, 9.17) is 9.84 Å². The second-order valence-electron chi connectivity index (χ2n) is 5.65. The molecule has 0 spiro atoms. The standard InChI is InChI=1S/C19H18F3NO4/c1-2-27-16-9-8-13(19(20,21)22)11-15(16)23-17(24)10-7-12-5-3-4-6-14(12)18(25)26/h3-6,8-9,11H,2,7,10H2,1H3,(H,23,24)(H,25,26). The van der Waals surface area contributed by atoms with Crippen molar-refractivity contribution in [3.8, 4) is 5.75 Å². The van der Waals surface area contributed by atoms with Crippen LogP contribution in [-0.2, 0) is 17.4 Å². The normalized spacial score (nSPS) is 11.1. The summed E-state index contributed by atoms with van der Waals surface area (Å²) in [5.74, 6) is -1.53. The molecule has 0 radical (unpaired) electrons. The Bertz CT molecular complexity index is 834. The third kappa shape index (κ3) is 5.47. The van der Waals surface area contributed by atoms with E-state index in [0.717, 1.165) is 18.2 Å². The van der Waals surface area contributed by atoms with E-state index in [-0.39, 0.29) is 36.4 Å². The summed E-state index contributed by atoms with van der Waals surface area (Å²) in [4.78, 5) is 23.4. The summed E-state index contributed by atoms with van der Waals surface area (Å²) in [5.41, 5.74) is -0.436. The smallest absolute Gasteiger partial charge is 0.416 e. The minimum atomic E-state index is -4.55. The van der Waals surface area contributed by atoms with E-state index in [9.17, 15) is 22.8 Å². The molecule has 0 bridgehead atoms. The van der Waals surface area contributed by atoms with Gasteiger partial charge in [-0.05, 0) is 43.2 Å². The van der Waals surface area contributed by atoms with E-state index in [1.54, 1.807) is 25.1 Å². The van der Waals surface area contributed by atoms with Gasteiger partial charge in [-0.2, -0.15) is 13.2 Å². The number of hydrogen-bond acceptors (Lipinski definition) is 3. The molecule has 0 heterocycles. The van der Waals surface area contributed by atoms with Crippen molar-refractivity contribution in [1.82, 2.24) is 0 Å². The van der Waals surface area contributed by atoms with Gasteiger partial charge in [-0.25, -0.2) is 4.79 Å². The molecule has 0 fully saturated rings. The first kappa shape index (κ1) is 20.3. The van der Waals surface area contributed by atoms with E-state index >= 15 is 0 Å². The Morgan fingerprint density at radius 3 is 2.48 bits per heavy atom. The van der Waals surface area contributed by atoms with Gasteiger partial charge in [0.1, 0.15) is 5.75 Å². The molecule has 144 valence electrons. The van der Waals surface area contributed by atoms with Crippen molar-refractivity contribution in [3.63, 3.8) is 0 Å². The zero-order valence-corrected chi connectivity index (χ0v) is 14.5. The summed E-state index contributed by atoms with van der Waals surface area (Å²) in [6.07, 6.45) is -4.51. The molecule has 1 amide bonds. The predicted octanol–water partition coefficient (Wildman–Crippen LogP) is 4.37. The van der Waals surface area contributed by atoms with Gasteiger partial charge in [-0.3, -0.25) is 4.79 Å². The molecule has 8 heteroatoms. The Hall–Kier alpha value is -3.03. The number of ether oxygens (including phenoxy) is 1. The molecule has 0 aliphatic heterocycles. The number of alkyl halides is 3. The van der Waals surface area contributed by atoms with Crippen LogP contribution in [0, 0.1) is 0 Å². The summed E-state index contributed by atoms with van der Waals surface area (Å²) in [5, 5.41) is 11.6. The van der Waals surface area contributed by atoms with E-state index < -0.39 is 23.6 Å². The van der Waals surface area contributed by atoms with Crippen LogP contribution in [-0.4, -0.2) is 23.6 Å². The summed E-state index contributed by atoms with van der Waals surface area (Å²) in [7, 11) is 0. The van der Waals surface area contributed by atoms with E-state index in [1.807, 2.05) is 0 Å². The van der Waals surface area contributed by atoms with Gasteiger partial charge < -0.3 is 15.2 Å². The number of benzene rings is 2. The van der Waals surface area contributed by atoms with Gasteiger partial charge in [-0.1, -0.05) is 18.2 Å². The van der Waals surface area contributed by atoms with Gasteiger partial charge in [0.2, 0.25) is 5.91 Å². The molecule has 0 aromatic heterocycles. The van der Waals surface area contributed by atoms with Crippen LogP contribution in [0.5, 0.6) is 5.75 Å². The Morgan fingerprint density at radius 2 is 1.85 bits per heavy atom. The second-order valence-corrected chi connectivity index (χ2v) is 5.65. The molecule has 0 aliphatic carbocycles. The number of anilines is 1. The molecular formula is C19H18F3NO4. The zero-order chi connectivity index (χ0) is 20.0. The fraction of sp³-hybridized carbons (Fsp3) is 0.263. The number of halogens is 3. The topological polar surface area (TPSA) is 75.6 Å². The van der Waals surface area contributed by atoms with Gasteiger partial charge in [-0.15, -0.1) is 0 Å².